The number of hydrogen-bond acceptors (Lipinski definition) is 8. The van der Waals surface area contributed by atoms with Crippen LogP contribution in [-0.2, 0) is 20.6 Å². The summed E-state index contributed by atoms with van der Waals surface area (Å²) in [4.78, 5) is 29.7. The number of hydrogen-bond donors (Lipinski definition) is 4. The van der Waals surface area contributed by atoms with Gasteiger partial charge < -0.3 is 35.3 Å². The Kier molecular flexibility index (Phi) is 4.94. The Balaban J connectivity index is 2.21. The highest BCUT2D eigenvalue weighted by Crippen LogP contribution is 2.34. The van der Waals surface area contributed by atoms with Gasteiger partial charge in [-0.1, -0.05) is 0 Å². The molecule has 0 amide bonds. The Hall–Kier alpha value is -1.78. The number of fused-ring (bicyclic) bond motifs is 1. The Morgan fingerprint density at radius 1 is 1.41 bits per heavy atom. The van der Waals surface area contributed by atoms with Gasteiger partial charge >= 0.3 is 7.60 Å². The van der Waals surface area contributed by atoms with E-state index in [1.807, 2.05) is 0 Å². The van der Waals surface area contributed by atoms with Crippen molar-refractivity contribution in [2.75, 3.05) is 31.5 Å². The van der Waals surface area contributed by atoms with Crippen molar-refractivity contribution in [2.45, 2.75) is 12.6 Å². The number of nitrogen functional groups attached to an aromatic ring is 2. The van der Waals surface area contributed by atoms with Gasteiger partial charge in [-0.3, -0.25) is 4.57 Å². The minimum absolute atomic E-state index is 0.00572. The van der Waals surface area contributed by atoms with Crippen LogP contribution in [0.2, 0.25) is 0 Å². The summed E-state index contributed by atoms with van der Waals surface area (Å²) in [5.41, 5.74) is 12.1. The predicted molar refractivity (Wildman–Crippen MR) is 77.8 cm³/mol. The van der Waals surface area contributed by atoms with E-state index >= 15 is 0 Å². The third-order valence-electron chi connectivity index (χ3n) is 2.74. The van der Waals surface area contributed by atoms with Crippen molar-refractivity contribution < 1.29 is 23.8 Å². The van der Waals surface area contributed by atoms with Crippen LogP contribution < -0.4 is 11.5 Å². The molecule has 1 atom stereocenters. The van der Waals surface area contributed by atoms with E-state index in [1.54, 1.807) is 4.57 Å². The molecule has 12 heteroatoms. The second-order valence-corrected chi connectivity index (χ2v) is 6.16. The molecule has 0 aromatic carbocycles. The van der Waals surface area contributed by atoms with Crippen molar-refractivity contribution in [3.63, 3.8) is 0 Å². The van der Waals surface area contributed by atoms with Gasteiger partial charge in [-0.2, -0.15) is 9.97 Å². The third-order valence-corrected chi connectivity index (χ3v) is 3.22. The van der Waals surface area contributed by atoms with E-state index in [-0.39, 0.29) is 24.9 Å². The van der Waals surface area contributed by atoms with Crippen molar-refractivity contribution in [2.24, 2.45) is 0 Å². The second kappa shape index (κ2) is 6.55. The zero-order valence-electron chi connectivity index (χ0n) is 11.8. The maximum atomic E-state index is 10.9. The Bertz CT molecular complexity index is 700. The first kappa shape index (κ1) is 16.6. The van der Waals surface area contributed by atoms with E-state index < -0.39 is 20.0 Å². The number of nitrogens with two attached hydrogens (primary N) is 2. The molecule has 22 heavy (non-hydrogen) atoms. The first-order chi connectivity index (χ1) is 10.3. The van der Waals surface area contributed by atoms with Gasteiger partial charge in [0.15, 0.2) is 11.5 Å². The van der Waals surface area contributed by atoms with E-state index in [4.69, 9.17) is 30.7 Å². The fourth-order valence-electron chi connectivity index (χ4n) is 1.88. The fraction of sp³-hybridized carbons (Fsp3) is 0.500. The monoisotopic (exact) mass is 332 g/mol. The van der Waals surface area contributed by atoms with E-state index in [0.717, 1.165) is 0 Å². The number of anilines is 2. The lowest BCUT2D eigenvalue weighted by Gasteiger charge is -2.18. The van der Waals surface area contributed by atoms with Crippen LogP contribution in [0, 0.1) is 0 Å². The molecule has 0 aliphatic heterocycles. The van der Waals surface area contributed by atoms with Crippen molar-refractivity contribution >= 4 is 30.5 Å². The van der Waals surface area contributed by atoms with Crippen molar-refractivity contribution in [1.29, 1.82) is 0 Å². The van der Waals surface area contributed by atoms with E-state index in [2.05, 4.69) is 15.0 Å². The van der Waals surface area contributed by atoms with Crippen molar-refractivity contribution in [3.8, 4) is 0 Å². The zero-order chi connectivity index (χ0) is 16.3. The van der Waals surface area contributed by atoms with E-state index in [1.165, 1.54) is 13.4 Å². The molecule has 122 valence electrons. The lowest BCUT2D eigenvalue weighted by atomic mass is 10.3. The van der Waals surface area contributed by atoms with Gasteiger partial charge in [0.1, 0.15) is 11.9 Å². The third kappa shape index (κ3) is 4.12. The van der Waals surface area contributed by atoms with Gasteiger partial charge in [0.2, 0.25) is 5.95 Å². The van der Waals surface area contributed by atoms with Gasteiger partial charge in [-0.05, 0) is 0 Å². The van der Waals surface area contributed by atoms with Gasteiger partial charge in [-0.25, -0.2) is 4.98 Å². The average molecular weight is 332 g/mol. The first-order valence-electron chi connectivity index (χ1n) is 6.19. The maximum Gasteiger partial charge on any atom is 0.350 e. The molecule has 0 aliphatic carbocycles. The highest BCUT2D eigenvalue weighted by molar-refractivity contribution is 7.51. The molecule has 0 aliphatic rings. The minimum atomic E-state index is -4.27. The molecule has 2 heterocycles. The van der Waals surface area contributed by atoms with Crippen molar-refractivity contribution in [1.82, 2.24) is 19.5 Å². The first-order valence-corrected chi connectivity index (χ1v) is 7.99. The van der Waals surface area contributed by atoms with Crippen LogP contribution in [0.15, 0.2) is 6.33 Å². The average Bonchev–Trinajstić information content (AvgIpc) is 2.79. The summed E-state index contributed by atoms with van der Waals surface area (Å²) in [7, 11) is -2.81. The maximum absolute atomic E-state index is 10.9. The lowest BCUT2D eigenvalue weighted by molar-refractivity contribution is 0.00416. The molecule has 2 aromatic heterocycles. The summed E-state index contributed by atoms with van der Waals surface area (Å²) in [5, 5.41) is 0. The Morgan fingerprint density at radius 2 is 2.14 bits per heavy atom. The Morgan fingerprint density at radius 3 is 2.77 bits per heavy atom. The van der Waals surface area contributed by atoms with Crippen LogP contribution in [0.5, 0.6) is 0 Å². The van der Waals surface area contributed by atoms with Gasteiger partial charge in [0.25, 0.3) is 0 Å². The molecule has 0 saturated heterocycles. The summed E-state index contributed by atoms with van der Waals surface area (Å²) in [5.74, 6) is 0.159. The molecule has 0 bridgehead atoms. The fourth-order valence-corrected chi connectivity index (χ4v) is 2.28. The lowest BCUT2D eigenvalue weighted by Crippen LogP contribution is -2.25. The number of rotatable bonds is 7. The number of aromatic nitrogens is 4. The molecule has 0 spiro atoms. The standard InChI is InChI=1S/C10H17N6O5P/c1-20-3-6(21-5-22(17,18)19)2-16-4-13-7-8(11)14-10(12)15-9(7)16/h4,6H,2-3,5H2,1H3,(H2,17,18,19)(H4,11,12,14,15). The van der Waals surface area contributed by atoms with Gasteiger partial charge in [0, 0.05) is 7.11 Å². The second-order valence-electron chi connectivity index (χ2n) is 4.57. The van der Waals surface area contributed by atoms with Crippen LogP contribution >= 0.6 is 7.60 Å². The van der Waals surface area contributed by atoms with Crippen molar-refractivity contribution in [3.05, 3.63) is 6.33 Å². The van der Waals surface area contributed by atoms with Gasteiger partial charge in [0.05, 0.1) is 25.6 Å². The molecule has 1 unspecified atom stereocenters. The van der Waals surface area contributed by atoms with Crippen LogP contribution in [0.25, 0.3) is 11.2 Å². The molecule has 0 fully saturated rings. The predicted octanol–water partition coefficient (Wildman–Crippen LogP) is -0.842. The molecule has 0 saturated carbocycles. The minimum Gasteiger partial charge on any atom is -0.382 e. The highest BCUT2D eigenvalue weighted by Gasteiger charge is 2.20. The summed E-state index contributed by atoms with van der Waals surface area (Å²) < 4.78 is 22.7. The van der Waals surface area contributed by atoms with Crippen LogP contribution in [0.4, 0.5) is 11.8 Å². The number of imidazole rings is 1. The normalized spacial score (nSPS) is 13.6. The summed E-state index contributed by atoms with van der Waals surface area (Å²) in [6.07, 6.45) is 0.165. The number of nitrogens with zero attached hydrogens (tertiary/aromatic N) is 4. The zero-order valence-corrected chi connectivity index (χ0v) is 12.7. The van der Waals surface area contributed by atoms with E-state index in [9.17, 15) is 4.57 Å². The SMILES string of the molecule is COCC(Cn1cnc2c(N)nc(N)nc21)OCP(=O)(O)O. The van der Waals surface area contributed by atoms with Crippen LogP contribution in [0.1, 0.15) is 0 Å². The largest absolute Gasteiger partial charge is 0.382 e. The number of ether oxygens (including phenoxy) is 2. The molecule has 2 rings (SSSR count). The molecule has 2 aromatic rings. The topological polar surface area (TPSA) is 172 Å². The molecule has 6 N–H and O–H groups in total. The van der Waals surface area contributed by atoms with Gasteiger partial charge in [-0.15, -0.1) is 0 Å². The van der Waals surface area contributed by atoms with Crippen LogP contribution in [-0.4, -0.2) is 55.5 Å². The summed E-state index contributed by atoms with van der Waals surface area (Å²) >= 11 is 0. The number of methoxy groups -OCH3 is 1. The van der Waals surface area contributed by atoms with E-state index in [0.29, 0.717) is 11.2 Å². The molecule has 0 radical (unpaired) electrons. The summed E-state index contributed by atoms with van der Waals surface area (Å²) in [6, 6.07) is 0. The molecule has 11 nitrogen and oxygen atoms in total. The Labute approximate surface area is 125 Å². The summed E-state index contributed by atoms with van der Waals surface area (Å²) in [6.45, 7) is 0.343. The smallest absolute Gasteiger partial charge is 0.350 e. The molecular weight excluding hydrogens is 315 g/mol. The molecular formula is C10H17N6O5P. The highest BCUT2D eigenvalue weighted by atomic mass is 31.2. The quantitative estimate of drug-likeness (QED) is 0.468. The van der Waals surface area contributed by atoms with Crippen LogP contribution in [0.3, 0.4) is 0 Å².